The van der Waals surface area contributed by atoms with E-state index in [0.29, 0.717) is 19.5 Å². The van der Waals surface area contributed by atoms with Gasteiger partial charge in [0.1, 0.15) is 6.04 Å². The summed E-state index contributed by atoms with van der Waals surface area (Å²) in [5.41, 5.74) is 1.12. The van der Waals surface area contributed by atoms with E-state index >= 15 is 0 Å². The molecule has 7 heteroatoms. The number of carboxylic acid groups (broad SMARTS) is 1. The van der Waals surface area contributed by atoms with Crippen LogP contribution in [0.2, 0.25) is 0 Å². The number of benzene rings is 1. The SMILES string of the molecule is O=C(O)c1ccc(CCC(=O)N2CCNC(=O)[C@@H]2c2cccs2)cc1. The number of rotatable bonds is 5. The fraction of sp³-hybridized carbons (Fsp3) is 0.278. The fourth-order valence-electron chi connectivity index (χ4n) is 2.87. The molecule has 2 N–H and O–H groups in total. The molecule has 0 aliphatic carbocycles. The zero-order chi connectivity index (χ0) is 17.8. The maximum absolute atomic E-state index is 12.7. The molecule has 2 amide bonds. The molecule has 0 radical (unpaired) electrons. The minimum Gasteiger partial charge on any atom is -0.478 e. The van der Waals surface area contributed by atoms with E-state index in [1.165, 1.54) is 23.5 Å². The maximum atomic E-state index is 12.7. The van der Waals surface area contributed by atoms with Crippen molar-refractivity contribution in [3.63, 3.8) is 0 Å². The Balaban J connectivity index is 1.66. The molecule has 0 bridgehead atoms. The minimum atomic E-state index is -0.972. The molecule has 2 aromatic rings. The molecule has 1 aliphatic heterocycles. The van der Waals surface area contributed by atoms with Crippen molar-refractivity contribution in [1.82, 2.24) is 10.2 Å². The van der Waals surface area contributed by atoms with Crippen LogP contribution in [-0.4, -0.2) is 40.9 Å². The monoisotopic (exact) mass is 358 g/mol. The molecule has 1 aliphatic rings. The van der Waals surface area contributed by atoms with Crippen LogP contribution in [0, 0.1) is 0 Å². The van der Waals surface area contributed by atoms with Crippen LogP contribution in [0.4, 0.5) is 0 Å². The highest BCUT2D eigenvalue weighted by atomic mass is 32.1. The number of amides is 2. The summed E-state index contributed by atoms with van der Waals surface area (Å²) < 4.78 is 0. The lowest BCUT2D eigenvalue weighted by atomic mass is 10.1. The lowest BCUT2D eigenvalue weighted by molar-refractivity contribution is -0.143. The number of nitrogens with one attached hydrogen (secondary N) is 1. The number of aryl methyl sites for hydroxylation is 1. The summed E-state index contributed by atoms with van der Waals surface area (Å²) in [7, 11) is 0. The Morgan fingerprint density at radius 3 is 2.64 bits per heavy atom. The topological polar surface area (TPSA) is 86.7 Å². The summed E-state index contributed by atoms with van der Waals surface area (Å²) in [5.74, 6) is -1.19. The Morgan fingerprint density at radius 1 is 1.24 bits per heavy atom. The van der Waals surface area contributed by atoms with E-state index in [-0.39, 0.29) is 23.8 Å². The summed E-state index contributed by atoms with van der Waals surface area (Å²) in [5, 5.41) is 13.6. The number of piperazine rings is 1. The second-order valence-electron chi connectivity index (χ2n) is 5.80. The summed E-state index contributed by atoms with van der Waals surface area (Å²) in [6.45, 7) is 0.949. The summed E-state index contributed by atoms with van der Waals surface area (Å²) in [6, 6.07) is 9.68. The molecular formula is C18H18N2O4S. The smallest absolute Gasteiger partial charge is 0.335 e. The summed E-state index contributed by atoms with van der Waals surface area (Å²) in [4.78, 5) is 38.2. The van der Waals surface area contributed by atoms with Crippen LogP contribution in [0.15, 0.2) is 41.8 Å². The van der Waals surface area contributed by atoms with Gasteiger partial charge in [-0.3, -0.25) is 9.59 Å². The van der Waals surface area contributed by atoms with E-state index in [1.54, 1.807) is 17.0 Å². The molecule has 1 fully saturated rings. The molecule has 1 aromatic heterocycles. The average Bonchev–Trinajstić information content (AvgIpc) is 3.14. The Morgan fingerprint density at radius 2 is 2.00 bits per heavy atom. The number of hydrogen-bond acceptors (Lipinski definition) is 4. The van der Waals surface area contributed by atoms with Crippen molar-refractivity contribution in [1.29, 1.82) is 0 Å². The Kier molecular flexibility index (Phi) is 5.14. The van der Waals surface area contributed by atoms with Gasteiger partial charge in [0.2, 0.25) is 11.8 Å². The Bertz CT molecular complexity index is 771. The highest BCUT2D eigenvalue weighted by Gasteiger charge is 2.34. The Hall–Kier alpha value is -2.67. The fourth-order valence-corrected chi connectivity index (χ4v) is 3.71. The summed E-state index contributed by atoms with van der Waals surface area (Å²) in [6.07, 6.45) is 0.787. The molecule has 0 unspecified atom stereocenters. The van der Waals surface area contributed by atoms with Crippen molar-refractivity contribution in [3.05, 3.63) is 57.8 Å². The second kappa shape index (κ2) is 7.48. The van der Waals surface area contributed by atoms with E-state index in [9.17, 15) is 14.4 Å². The highest BCUT2D eigenvalue weighted by Crippen LogP contribution is 2.27. The lowest BCUT2D eigenvalue weighted by Gasteiger charge is -2.34. The van der Waals surface area contributed by atoms with E-state index in [4.69, 9.17) is 5.11 Å². The van der Waals surface area contributed by atoms with E-state index in [1.807, 2.05) is 17.5 Å². The van der Waals surface area contributed by atoms with E-state index in [0.717, 1.165) is 10.4 Å². The molecule has 1 saturated heterocycles. The van der Waals surface area contributed by atoms with E-state index < -0.39 is 12.0 Å². The molecule has 3 rings (SSSR count). The molecule has 130 valence electrons. The zero-order valence-electron chi connectivity index (χ0n) is 13.5. The molecule has 1 aromatic carbocycles. The van der Waals surface area contributed by atoms with Gasteiger partial charge in [-0.1, -0.05) is 18.2 Å². The van der Waals surface area contributed by atoms with Crippen molar-refractivity contribution >= 4 is 29.1 Å². The van der Waals surface area contributed by atoms with Crippen LogP contribution in [-0.2, 0) is 16.0 Å². The first kappa shape index (κ1) is 17.2. The minimum absolute atomic E-state index is 0.0736. The highest BCUT2D eigenvalue weighted by molar-refractivity contribution is 7.10. The van der Waals surface area contributed by atoms with Gasteiger partial charge < -0.3 is 15.3 Å². The standard InChI is InChI=1S/C18H18N2O4S/c21-15(8-5-12-3-6-13(7-4-12)18(23)24)20-10-9-19-17(22)16(20)14-2-1-11-25-14/h1-4,6-7,11,16H,5,8-10H2,(H,19,22)(H,23,24)/t16-/m0/s1. The second-order valence-corrected chi connectivity index (χ2v) is 6.78. The molecule has 0 saturated carbocycles. The molecule has 2 heterocycles. The van der Waals surface area contributed by atoms with Gasteiger partial charge in [-0.05, 0) is 35.6 Å². The summed E-state index contributed by atoms with van der Waals surface area (Å²) >= 11 is 1.46. The predicted octanol–water partition coefficient (Wildman–Crippen LogP) is 2.08. The molecule has 0 spiro atoms. The van der Waals surface area contributed by atoms with Crippen LogP contribution < -0.4 is 5.32 Å². The van der Waals surface area contributed by atoms with Gasteiger partial charge in [-0.25, -0.2) is 4.79 Å². The lowest BCUT2D eigenvalue weighted by Crippen LogP contribution is -2.52. The quantitative estimate of drug-likeness (QED) is 0.857. The number of thiophene rings is 1. The first-order chi connectivity index (χ1) is 12.1. The Labute approximate surface area is 149 Å². The van der Waals surface area contributed by atoms with Crippen LogP contribution in [0.3, 0.4) is 0 Å². The van der Waals surface area contributed by atoms with Crippen molar-refractivity contribution in [2.24, 2.45) is 0 Å². The predicted molar refractivity (Wildman–Crippen MR) is 93.5 cm³/mol. The van der Waals surface area contributed by atoms with Crippen LogP contribution in [0.1, 0.15) is 33.3 Å². The van der Waals surface area contributed by atoms with Crippen LogP contribution >= 0.6 is 11.3 Å². The van der Waals surface area contributed by atoms with Crippen LogP contribution in [0.5, 0.6) is 0 Å². The normalized spacial score (nSPS) is 17.2. The van der Waals surface area contributed by atoms with Crippen molar-refractivity contribution in [3.8, 4) is 0 Å². The first-order valence-electron chi connectivity index (χ1n) is 7.99. The number of carboxylic acids is 1. The number of carbonyl (C=O) groups is 3. The van der Waals surface area contributed by atoms with Crippen molar-refractivity contribution in [2.45, 2.75) is 18.9 Å². The van der Waals surface area contributed by atoms with Gasteiger partial charge in [0, 0.05) is 24.4 Å². The van der Waals surface area contributed by atoms with Crippen molar-refractivity contribution < 1.29 is 19.5 Å². The number of aromatic carboxylic acids is 1. The van der Waals surface area contributed by atoms with Gasteiger partial charge >= 0.3 is 5.97 Å². The van der Waals surface area contributed by atoms with E-state index in [2.05, 4.69) is 5.32 Å². The van der Waals surface area contributed by atoms with Gasteiger partial charge in [0.25, 0.3) is 0 Å². The number of hydrogen-bond donors (Lipinski definition) is 2. The van der Waals surface area contributed by atoms with Gasteiger partial charge in [-0.2, -0.15) is 0 Å². The number of carbonyl (C=O) groups excluding carboxylic acids is 2. The zero-order valence-corrected chi connectivity index (χ0v) is 14.3. The van der Waals surface area contributed by atoms with Crippen molar-refractivity contribution in [2.75, 3.05) is 13.1 Å². The average molecular weight is 358 g/mol. The molecule has 6 nitrogen and oxygen atoms in total. The third-order valence-electron chi connectivity index (χ3n) is 4.17. The maximum Gasteiger partial charge on any atom is 0.335 e. The van der Waals surface area contributed by atoms with Gasteiger partial charge in [0.15, 0.2) is 0 Å². The van der Waals surface area contributed by atoms with Crippen LogP contribution in [0.25, 0.3) is 0 Å². The number of nitrogens with zero attached hydrogens (tertiary/aromatic N) is 1. The van der Waals surface area contributed by atoms with Gasteiger partial charge in [0.05, 0.1) is 5.56 Å². The van der Waals surface area contributed by atoms with Gasteiger partial charge in [-0.15, -0.1) is 11.3 Å². The third kappa shape index (κ3) is 3.88. The molecular weight excluding hydrogens is 340 g/mol. The largest absolute Gasteiger partial charge is 0.478 e. The molecule has 1 atom stereocenters. The first-order valence-corrected chi connectivity index (χ1v) is 8.87. The third-order valence-corrected chi connectivity index (χ3v) is 5.10. The molecule has 25 heavy (non-hydrogen) atoms.